The van der Waals surface area contributed by atoms with Gasteiger partial charge in [-0.25, -0.2) is 0 Å². The number of nitrogens with zero attached hydrogens (tertiary/aromatic N) is 3. The minimum absolute atomic E-state index is 0.0254. The SMILES string of the molecule is CCN1CCCC1CN(C)C(=O)c1ccc(C#N)cc1. The molecule has 1 fully saturated rings. The molecule has 1 unspecified atom stereocenters. The molecule has 1 aromatic rings. The van der Waals surface area contributed by atoms with Gasteiger partial charge in [0.15, 0.2) is 0 Å². The summed E-state index contributed by atoms with van der Waals surface area (Å²) in [5.74, 6) is 0.0254. The molecule has 1 aliphatic heterocycles. The van der Waals surface area contributed by atoms with Crippen LogP contribution in [0.3, 0.4) is 0 Å². The van der Waals surface area contributed by atoms with Crippen LogP contribution >= 0.6 is 0 Å². The van der Waals surface area contributed by atoms with E-state index in [-0.39, 0.29) is 5.91 Å². The lowest BCUT2D eigenvalue weighted by molar-refractivity contribution is 0.0754. The normalized spacial score (nSPS) is 18.8. The number of likely N-dealkylation sites (tertiary alicyclic amines) is 1. The van der Waals surface area contributed by atoms with Crippen molar-refractivity contribution >= 4 is 5.91 Å². The lowest BCUT2D eigenvalue weighted by Gasteiger charge is -2.27. The highest BCUT2D eigenvalue weighted by molar-refractivity contribution is 5.94. The monoisotopic (exact) mass is 271 g/mol. The number of nitriles is 1. The van der Waals surface area contributed by atoms with Gasteiger partial charge in [-0.3, -0.25) is 9.69 Å². The van der Waals surface area contributed by atoms with Crippen LogP contribution in [-0.4, -0.2) is 48.4 Å². The van der Waals surface area contributed by atoms with Gasteiger partial charge in [-0.1, -0.05) is 6.92 Å². The van der Waals surface area contributed by atoms with Crippen molar-refractivity contribution in [3.8, 4) is 6.07 Å². The number of benzene rings is 1. The summed E-state index contributed by atoms with van der Waals surface area (Å²) in [4.78, 5) is 16.6. The van der Waals surface area contributed by atoms with Gasteiger partial charge in [0, 0.05) is 25.2 Å². The zero-order chi connectivity index (χ0) is 14.5. The van der Waals surface area contributed by atoms with Crippen LogP contribution in [0.25, 0.3) is 0 Å². The lowest BCUT2D eigenvalue weighted by Crippen LogP contribution is -2.41. The summed E-state index contributed by atoms with van der Waals surface area (Å²) in [6.45, 7) is 5.12. The second-order valence-corrected chi connectivity index (χ2v) is 5.30. The molecule has 2 rings (SSSR count). The highest BCUT2D eigenvalue weighted by atomic mass is 16.2. The van der Waals surface area contributed by atoms with Gasteiger partial charge in [-0.05, 0) is 50.2 Å². The maximum Gasteiger partial charge on any atom is 0.253 e. The summed E-state index contributed by atoms with van der Waals surface area (Å²) >= 11 is 0. The van der Waals surface area contributed by atoms with Crippen LogP contribution in [0.15, 0.2) is 24.3 Å². The van der Waals surface area contributed by atoms with E-state index >= 15 is 0 Å². The van der Waals surface area contributed by atoms with Gasteiger partial charge in [-0.2, -0.15) is 5.26 Å². The fourth-order valence-corrected chi connectivity index (χ4v) is 2.82. The summed E-state index contributed by atoms with van der Waals surface area (Å²) < 4.78 is 0. The summed E-state index contributed by atoms with van der Waals surface area (Å²) in [7, 11) is 1.85. The van der Waals surface area contributed by atoms with Crippen molar-refractivity contribution in [2.75, 3.05) is 26.7 Å². The largest absolute Gasteiger partial charge is 0.340 e. The number of carbonyl (C=O) groups is 1. The Bertz CT molecular complexity index is 503. The van der Waals surface area contributed by atoms with Crippen molar-refractivity contribution in [2.24, 2.45) is 0 Å². The second kappa shape index (κ2) is 6.53. The topological polar surface area (TPSA) is 47.3 Å². The van der Waals surface area contributed by atoms with Crippen molar-refractivity contribution < 1.29 is 4.79 Å². The van der Waals surface area contributed by atoms with E-state index < -0.39 is 0 Å². The fourth-order valence-electron chi connectivity index (χ4n) is 2.82. The number of amides is 1. The second-order valence-electron chi connectivity index (χ2n) is 5.30. The van der Waals surface area contributed by atoms with E-state index in [9.17, 15) is 4.79 Å². The van der Waals surface area contributed by atoms with Crippen molar-refractivity contribution in [1.29, 1.82) is 5.26 Å². The van der Waals surface area contributed by atoms with Gasteiger partial charge in [0.05, 0.1) is 11.6 Å². The van der Waals surface area contributed by atoms with E-state index in [0.29, 0.717) is 17.2 Å². The summed E-state index contributed by atoms with van der Waals surface area (Å²) in [6, 6.07) is 9.37. The van der Waals surface area contributed by atoms with Crippen LogP contribution < -0.4 is 0 Å². The highest BCUT2D eigenvalue weighted by Gasteiger charge is 2.25. The Hall–Kier alpha value is -1.86. The lowest BCUT2D eigenvalue weighted by atomic mass is 10.1. The van der Waals surface area contributed by atoms with Gasteiger partial charge in [0.25, 0.3) is 5.91 Å². The number of hydrogen-bond donors (Lipinski definition) is 0. The zero-order valence-electron chi connectivity index (χ0n) is 12.2. The molecule has 106 valence electrons. The Morgan fingerprint density at radius 3 is 2.75 bits per heavy atom. The molecule has 4 nitrogen and oxygen atoms in total. The van der Waals surface area contributed by atoms with Crippen molar-refractivity contribution in [3.05, 3.63) is 35.4 Å². The Morgan fingerprint density at radius 2 is 2.15 bits per heavy atom. The Labute approximate surface area is 120 Å². The fraction of sp³-hybridized carbons (Fsp3) is 0.500. The van der Waals surface area contributed by atoms with Gasteiger partial charge in [0.1, 0.15) is 0 Å². The summed E-state index contributed by atoms with van der Waals surface area (Å²) in [5, 5.41) is 8.77. The van der Waals surface area contributed by atoms with E-state index in [1.807, 2.05) is 7.05 Å². The molecule has 1 amide bonds. The van der Waals surface area contributed by atoms with Crippen LogP contribution in [0.1, 0.15) is 35.7 Å². The first kappa shape index (κ1) is 14.5. The minimum Gasteiger partial charge on any atom is -0.340 e. The average molecular weight is 271 g/mol. The maximum absolute atomic E-state index is 12.4. The van der Waals surface area contributed by atoms with Gasteiger partial charge >= 0.3 is 0 Å². The molecular formula is C16H21N3O. The van der Waals surface area contributed by atoms with Gasteiger partial charge in [0.2, 0.25) is 0 Å². The smallest absolute Gasteiger partial charge is 0.253 e. The number of carbonyl (C=O) groups excluding carboxylic acids is 1. The number of hydrogen-bond acceptors (Lipinski definition) is 3. The maximum atomic E-state index is 12.4. The first-order valence-corrected chi connectivity index (χ1v) is 7.15. The van der Waals surface area contributed by atoms with Crippen molar-refractivity contribution in [3.63, 3.8) is 0 Å². The van der Waals surface area contributed by atoms with Gasteiger partial charge < -0.3 is 4.90 Å². The Balaban J connectivity index is 1.99. The quantitative estimate of drug-likeness (QED) is 0.842. The third kappa shape index (κ3) is 3.17. The van der Waals surface area contributed by atoms with Crippen LogP contribution in [0.5, 0.6) is 0 Å². The molecular weight excluding hydrogens is 250 g/mol. The Kier molecular flexibility index (Phi) is 4.75. The molecule has 0 aromatic heterocycles. The van der Waals surface area contributed by atoms with Crippen LogP contribution in [0, 0.1) is 11.3 Å². The van der Waals surface area contributed by atoms with Crippen molar-refractivity contribution in [2.45, 2.75) is 25.8 Å². The average Bonchev–Trinajstić information content (AvgIpc) is 2.93. The predicted molar refractivity (Wildman–Crippen MR) is 78.4 cm³/mol. The third-order valence-corrected chi connectivity index (χ3v) is 4.00. The first-order valence-electron chi connectivity index (χ1n) is 7.15. The van der Waals surface area contributed by atoms with Gasteiger partial charge in [-0.15, -0.1) is 0 Å². The first-order chi connectivity index (χ1) is 9.65. The van der Waals surface area contributed by atoms with Crippen LogP contribution in [-0.2, 0) is 0 Å². The van der Waals surface area contributed by atoms with Crippen LogP contribution in [0.4, 0.5) is 0 Å². The molecule has 0 bridgehead atoms. The molecule has 0 radical (unpaired) electrons. The molecule has 0 aliphatic carbocycles. The van der Waals surface area contributed by atoms with Crippen molar-refractivity contribution in [1.82, 2.24) is 9.80 Å². The molecule has 1 aliphatic rings. The molecule has 1 heterocycles. The molecule has 0 spiro atoms. The Morgan fingerprint density at radius 1 is 1.45 bits per heavy atom. The molecule has 1 atom stereocenters. The van der Waals surface area contributed by atoms with E-state index in [1.54, 1.807) is 29.2 Å². The van der Waals surface area contributed by atoms with E-state index in [4.69, 9.17) is 5.26 Å². The van der Waals surface area contributed by atoms with E-state index in [1.165, 1.54) is 12.8 Å². The molecule has 0 N–H and O–H groups in total. The molecule has 0 saturated carbocycles. The highest BCUT2D eigenvalue weighted by Crippen LogP contribution is 2.18. The molecule has 1 saturated heterocycles. The molecule has 4 heteroatoms. The third-order valence-electron chi connectivity index (χ3n) is 4.00. The predicted octanol–water partition coefficient (Wildman–Crippen LogP) is 2.11. The number of rotatable bonds is 4. The summed E-state index contributed by atoms with van der Waals surface area (Å²) in [5.41, 5.74) is 1.23. The zero-order valence-corrected chi connectivity index (χ0v) is 12.2. The molecule has 1 aromatic carbocycles. The molecule has 20 heavy (non-hydrogen) atoms. The summed E-state index contributed by atoms with van der Waals surface area (Å²) in [6.07, 6.45) is 2.39. The standard InChI is InChI=1S/C16H21N3O/c1-3-19-10-4-5-15(19)12-18(2)16(20)14-8-6-13(11-17)7-9-14/h6-9,15H,3-5,10,12H2,1-2H3. The van der Waals surface area contributed by atoms with E-state index in [0.717, 1.165) is 19.6 Å². The minimum atomic E-state index is 0.0254. The van der Waals surface area contributed by atoms with E-state index in [2.05, 4.69) is 17.9 Å². The van der Waals surface area contributed by atoms with Crippen LogP contribution in [0.2, 0.25) is 0 Å². The number of likely N-dealkylation sites (N-methyl/N-ethyl adjacent to an activating group) is 2.